The first-order valence-electron chi connectivity index (χ1n) is 8.17. The van der Waals surface area contributed by atoms with E-state index in [-0.39, 0.29) is 6.04 Å². The molecule has 0 bridgehead atoms. The van der Waals surface area contributed by atoms with Crippen molar-refractivity contribution in [1.29, 1.82) is 0 Å². The summed E-state index contributed by atoms with van der Waals surface area (Å²) in [5.41, 5.74) is 8.74. The summed E-state index contributed by atoms with van der Waals surface area (Å²) in [6, 6.07) is 8.49. The highest BCUT2D eigenvalue weighted by Gasteiger charge is 2.11. The summed E-state index contributed by atoms with van der Waals surface area (Å²) in [6.07, 6.45) is 8.41. The topological polar surface area (TPSA) is 47.3 Å². The smallest absolute Gasteiger partial charge is 0.119 e. The van der Waals surface area contributed by atoms with Gasteiger partial charge < -0.3 is 15.8 Å². The second-order valence-electron chi connectivity index (χ2n) is 5.67. The lowest BCUT2D eigenvalue weighted by atomic mass is 10.1. The molecule has 1 aromatic carbocycles. The van der Waals surface area contributed by atoms with Crippen LogP contribution in [0.4, 0.5) is 0 Å². The van der Waals surface area contributed by atoms with Crippen molar-refractivity contribution in [3.8, 4) is 5.75 Å². The highest BCUT2D eigenvalue weighted by molar-refractivity contribution is 5.30. The zero-order valence-corrected chi connectivity index (χ0v) is 13.1. The molecule has 1 aromatic rings. The molecule has 1 atom stereocenters. The molecule has 0 fully saturated rings. The minimum atomic E-state index is 0.206. The Kier molecular flexibility index (Phi) is 6.77. The molecule has 21 heavy (non-hydrogen) atoms. The third kappa shape index (κ3) is 5.18. The van der Waals surface area contributed by atoms with E-state index in [1.807, 2.05) is 12.1 Å². The van der Waals surface area contributed by atoms with E-state index in [4.69, 9.17) is 10.5 Å². The summed E-state index contributed by atoms with van der Waals surface area (Å²) in [5.74, 6) is 0.938. The lowest BCUT2D eigenvalue weighted by Gasteiger charge is -2.18. The van der Waals surface area contributed by atoms with Crippen LogP contribution in [0.5, 0.6) is 5.75 Å². The molecule has 1 aliphatic rings. The monoisotopic (exact) mass is 288 g/mol. The van der Waals surface area contributed by atoms with Crippen molar-refractivity contribution >= 4 is 0 Å². The minimum Gasteiger partial charge on any atom is -0.494 e. The molecule has 0 saturated heterocycles. The molecule has 0 aromatic heterocycles. The van der Waals surface area contributed by atoms with E-state index in [0.717, 1.165) is 31.7 Å². The van der Waals surface area contributed by atoms with Gasteiger partial charge in [0.25, 0.3) is 0 Å². The van der Waals surface area contributed by atoms with Crippen LogP contribution in [0.2, 0.25) is 0 Å². The Morgan fingerprint density at radius 1 is 1.38 bits per heavy atom. The quantitative estimate of drug-likeness (QED) is 0.683. The van der Waals surface area contributed by atoms with Crippen LogP contribution in [-0.2, 0) is 0 Å². The summed E-state index contributed by atoms with van der Waals surface area (Å²) in [7, 11) is 0. The standard InChI is InChI=1S/C18H28N2O/c1-2-12-21-17-9-5-8-16(13-17)18(14-19)20-11-10-15-6-3-4-7-15/h5-6,8-9,13,18,20H,2-4,7,10-12,14,19H2,1H3. The van der Waals surface area contributed by atoms with Crippen molar-refractivity contribution in [2.75, 3.05) is 19.7 Å². The van der Waals surface area contributed by atoms with Gasteiger partial charge in [0.2, 0.25) is 0 Å². The Balaban J connectivity index is 1.86. The molecule has 0 spiro atoms. The fourth-order valence-corrected chi connectivity index (χ4v) is 2.75. The molecule has 0 amide bonds. The maximum absolute atomic E-state index is 5.93. The van der Waals surface area contributed by atoms with Gasteiger partial charge in [0.1, 0.15) is 5.75 Å². The average Bonchev–Trinajstić information content (AvgIpc) is 3.03. The van der Waals surface area contributed by atoms with Crippen LogP contribution in [0.1, 0.15) is 50.6 Å². The maximum atomic E-state index is 5.93. The highest BCUT2D eigenvalue weighted by atomic mass is 16.5. The van der Waals surface area contributed by atoms with Crippen LogP contribution in [0.25, 0.3) is 0 Å². The molecule has 0 aliphatic heterocycles. The van der Waals surface area contributed by atoms with Crippen molar-refractivity contribution in [1.82, 2.24) is 5.32 Å². The van der Waals surface area contributed by atoms with E-state index < -0.39 is 0 Å². The maximum Gasteiger partial charge on any atom is 0.119 e. The Morgan fingerprint density at radius 2 is 2.29 bits per heavy atom. The molecule has 1 unspecified atom stereocenters. The summed E-state index contributed by atoms with van der Waals surface area (Å²) >= 11 is 0. The van der Waals surface area contributed by atoms with E-state index in [1.165, 1.54) is 24.8 Å². The predicted molar refractivity (Wildman–Crippen MR) is 88.6 cm³/mol. The van der Waals surface area contributed by atoms with Gasteiger partial charge >= 0.3 is 0 Å². The van der Waals surface area contributed by atoms with E-state index in [9.17, 15) is 0 Å². The van der Waals surface area contributed by atoms with Gasteiger partial charge in [-0.2, -0.15) is 0 Å². The summed E-state index contributed by atoms with van der Waals surface area (Å²) < 4.78 is 5.70. The number of allylic oxidation sites excluding steroid dienone is 1. The molecule has 116 valence electrons. The first-order chi connectivity index (χ1) is 10.3. The predicted octanol–water partition coefficient (Wildman–Crippen LogP) is 3.57. The summed E-state index contributed by atoms with van der Waals surface area (Å²) in [4.78, 5) is 0. The summed E-state index contributed by atoms with van der Waals surface area (Å²) in [6.45, 7) is 4.48. The third-order valence-electron chi connectivity index (χ3n) is 3.94. The molecule has 0 radical (unpaired) electrons. The largest absolute Gasteiger partial charge is 0.494 e. The van der Waals surface area contributed by atoms with Crippen molar-refractivity contribution < 1.29 is 4.74 Å². The first-order valence-corrected chi connectivity index (χ1v) is 8.17. The normalized spacial score (nSPS) is 15.8. The van der Waals surface area contributed by atoms with E-state index in [1.54, 1.807) is 5.57 Å². The third-order valence-corrected chi connectivity index (χ3v) is 3.94. The van der Waals surface area contributed by atoms with Gasteiger partial charge in [-0.15, -0.1) is 0 Å². The molecule has 2 rings (SSSR count). The Bertz CT molecular complexity index is 456. The van der Waals surface area contributed by atoms with Crippen LogP contribution in [-0.4, -0.2) is 19.7 Å². The minimum absolute atomic E-state index is 0.206. The molecular weight excluding hydrogens is 260 g/mol. The van der Waals surface area contributed by atoms with Crippen LogP contribution in [0.15, 0.2) is 35.9 Å². The van der Waals surface area contributed by atoms with Crippen LogP contribution < -0.4 is 15.8 Å². The molecule has 3 N–H and O–H groups in total. The molecule has 1 aliphatic carbocycles. The van der Waals surface area contributed by atoms with Gasteiger partial charge in [0, 0.05) is 12.6 Å². The number of hydrogen-bond acceptors (Lipinski definition) is 3. The van der Waals surface area contributed by atoms with Crippen molar-refractivity contribution in [3.63, 3.8) is 0 Å². The van der Waals surface area contributed by atoms with Gasteiger partial charge in [-0.25, -0.2) is 0 Å². The molecule has 0 heterocycles. The summed E-state index contributed by atoms with van der Waals surface area (Å²) in [5, 5.41) is 3.57. The second kappa shape index (κ2) is 8.85. The van der Waals surface area contributed by atoms with Crippen molar-refractivity contribution in [2.45, 2.75) is 45.1 Å². The Labute approximate surface area is 128 Å². The molecule has 3 heteroatoms. The lowest BCUT2D eigenvalue weighted by Crippen LogP contribution is -2.29. The van der Waals surface area contributed by atoms with Crippen LogP contribution in [0, 0.1) is 0 Å². The van der Waals surface area contributed by atoms with Gasteiger partial charge in [0.15, 0.2) is 0 Å². The zero-order valence-electron chi connectivity index (χ0n) is 13.1. The molecule has 0 saturated carbocycles. The van der Waals surface area contributed by atoms with Crippen LogP contribution in [0.3, 0.4) is 0 Å². The van der Waals surface area contributed by atoms with E-state index in [0.29, 0.717) is 6.54 Å². The molecular formula is C18H28N2O. The fraction of sp³-hybridized carbons (Fsp3) is 0.556. The first kappa shape index (κ1) is 16.1. The van der Waals surface area contributed by atoms with Gasteiger partial charge in [-0.1, -0.05) is 30.7 Å². The number of benzene rings is 1. The van der Waals surface area contributed by atoms with Crippen LogP contribution >= 0.6 is 0 Å². The SMILES string of the molecule is CCCOc1cccc(C(CN)NCCC2=CCCC2)c1. The molecule has 3 nitrogen and oxygen atoms in total. The zero-order chi connectivity index (χ0) is 14.9. The number of ether oxygens (including phenoxy) is 1. The van der Waals surface area contributed by atoms with Crippen molar-refractivity contribution in [2.24, 2.45) is 5.73 Å². The number of rotatable bonds is 9. The van der Waals surface area contributed by atoms with Gasteiger partial charge in [-0.3, -0.25) is 0 Å². The van der Waals surface area contributed by atoms with E-state index >= 15 is 0 Å². The van der Waals surface area contributed by atoms with Gasteiger partial charge in [0.05, 0.1) is 6.61 Å². The number of hydrogen-bond donors (Lipinski definition) is 2. The Hall–Kier alpha value is -1.32. The van der Waals surface area contributed by atoms with E-state index in [2.05, 4.69) is 30.4 Å². The second-order valence-corrected chi connectivity index (χ2v) is 5.67. The lowest BCUT2D eigenvalue weighted by molar-refractivity contribution is 0.316. The highest BCUT2D eigenvalue weighted by Crippen LogP contribution is 2.22. The van der Waals surface area contributed by atoms with Crippen molar-refractivity contribution in [3.05, 3.63) is 41.5 Å². The number of nitrogens with two attached hydrogens (primary N) is 1. The Morgan fingerprint density at radius 3 is 3.00 bits per heavy atom. The van der Waals surface area contributed by atoms with Gasteiger partial charge in [-0.05, 0) is 56.3 Å². The fourth-order valence-electron chi connectivity index (χ4n) is 2.75. The number of nitrogens with one attached hydrogen (secondary N) is 1. The average molecular weight is 288 g/mol.